The van der Waals surface area contributed by atoms with Crippen molar-refractivity contribution in [2.45, 2.75) is 0 Å². The smallest absolute Gasteiger partial charge is 0.506 e. The quantitative estimate of drug-likeness (QED) is 0.435. The monoisotopic (exact) mass is 286 g/mol. The average molecular weight is 286 g/mol. The predicted octanol–water partition coefficient (Wildman–Crippen LogP) is 1.76. The van der Waals surface area contributed by atoms with Crippen LogP contribution in [0, 0.1) is 6.07 Å². The zero-order valence-corrected chi connectivity index (χ0v) is 14.2. The van der Waals surface area contributed by atoms with Crippen LogP contribution in [0.4, 0.5) is 11.4 Å². The molecule has 0 atom stereocenters. The van der Waals surface area contributed by atoms with Crippen LogP contribution in [0.25, 0.3) is 10.8 Å². The maximum absolute atomic E-state index is 9.93. The van der Waals surface area contributed by atoms with E-state index in [1.54, 1.807) is 18.2 Å². The topological polar surface area (TPSA) is 45.0 Å². The summed E-state index contributed by atoms with van der Waals surface area (Å²) in [5, 5.41) is 20.1. The summed E-state index contributed by atoms with van der Waals surface area (Å²) in [7, 11) is 0. The summed E-state index contributed by atoms with van der Waals surface area (Å²) >= 11 is 0. The molecule has 0 spiro atoms. The zero-order valence-electron chi connectivity index (χ0n) is 11.1. The average Bonchev–Trinajstić information content (AvgIpc) is 2.47. The first-order chi connectivity index (χ1) is 9.34. The molecule has 3 rings (SSSR count). The van der Waals surface area contributed by atoms with Gasteiger partial charge >= 0.3 is 51.4 Å². The molecule has 1 N–H and O–H groups in total. The Hall–Kier alpha value is -1.04. The van der Waals surface area contributed by atoms with Crippen molar-refractivity contribution in [1.29, 1.82) is 0 Å². The van der Waals surface area contributed by atoms with Crippen LogP contribution in [0.1, 0.15) is 0 Å². The second-order valence-electron chi connectivity index (χ2n) is 4.11. The third-order valence-electron chi connectivity index (χ3n) is 2.85. The molecule has 0 fully saturated rings. The van der Waals surface area contributed by atoms with E-state index in [1.165, 1.54) is 0 Å². The first-order valence-electron chi connectivity index (χ1n) is 5.93. The van der Waals surface area contributed by atoms with Crippen LogP contribution in [-0.2, 0) is 0 Å². The van der Waals surface area contributed by atoms with E-state index < -0.39 is 0 Å². The number of nitrogens with zero attached hydrogens (tertiary/aromatic N) is 2. The number of fused-ring (bicyclic) bond motifs is 1. The van der Waals surface area contributed by atoms with Crippen LogP contribution in [0.2, 0.25) is 0 Å². The van der Waals surface area contributed by atoms with E-state index in [1.807, 2.05) is 42.5 Å². The Kier molecular flexibility index (Phi) is 5.45. The molecular formula is C16H11KN2O. The minimum absolute atomic E-state index is 0. The standard InChI is InChI=1S/C16H11N2O.K/c19-15-11-10-12-6-4-5-9-14(12)16(15)18-17-13-7-2-1-3-8-13;/h2-11,19H;/q-1;+1. The van der Waals surface area contributed by atoms with E-state index in [9.17, 15) is 5.11 Å². The molecule has 0 heterocycles. The van der Waals surface area contributed by atoms with Crippen LogP contribution in [0.5, 0.6) is 5.75 Å². The van der Waals surface area contributed by atoms with Crippen LogP contribution < -0.4 is 51.4 Å². The van der Waals surface area contributed by atoms with Gasteiger partial charge in [-0.15, -0.1) is 17.2 Å². The third-order valence-corrected chi connectivity index (χ3v) is 2.85. The number of rotatable bonds is 2. The van der Waals surface area contributed by atoms with Crippen molar-refractivity contribution < 1.29 is 56.5 Å². The van der Waals surface area contributed by atoms with Gasteiger partial charge in [0.15, 0.2) is 0 Å². The summed E-state index contributed by atoms with van der Waals surface area (Å²) in [4.78, 5) is 0. The fraction of sp³-hybridized carbons (Fsp3) is 0. The van der Waals surface area contributed by atoms with E-state index in [4.69, 9.17) is 0 Å². The van der Waals surface area contributed by atoms with Gasteiger partial charge in [0.2, 0.25) is 0 Å². The molecule has 0 amide bonds. The Morgan fingerprint density at radius 2 is 1.60 bits per heavy atom. The largest absolute Gasteiger partial charge is 1.00 e. The van der Waals surface area contributed by atoms with E-state index in [0.717, 1.165) is 16.5 Å². The predicted molar refractivity (Wildman–Crippen MR) is 75.1 cm³/mol. The number of benzene rings is 3. The van der Waals surface area contributed by atoms with Gasteiger partial charge in [-0.1, -0.05) is 30.3 Å². The molecule has 4 heteroatoms. The molecule has 0 aromatic heterocycles. The van der Waals surface area contributed by atoms with Crippen molar-refractivity contribution >= 4 is 22.1 Å². The molecule has 3 aromatic carbocycles. The first kappa shape index (κ1) is 15.3. The SMILES string of the molecule is Oc1ccc2ccccc2c1N=Nc1cc[c-]cc1.[K+]. The Labute approximate surface area is 159 Å². The third kappa shape index (κ3) is 3.34. The number of phenols is 1. The van der Waals surface area contributed by atoms with Gasteiger partial charge in [0.25, 0.3) is 0 Å². The van der Waals surface area contributed by atoms with E-state index in [0.29, 0.717) is 5.69 Å². The van der Waals surface area contributed by atoms with Gasteiger partial charge in [-0.05, 0) is 17.1 Å². The molecule has 20 heavy (non-hydrogen) atoms. The van der Waals surface area contributed by atoms with Crippen molar-refractivity contribution in [3.63, 3.8) is 0 Å². The molecule has 0 saturated heterocycles. The van der Waals surface area contributed by atoms with Crippen LogP contribution in [-0.4, -0.2) is 5.11 Å². The summed E-state index contributed by atoms with van der Waals surface area (Å²) in [6.07, 6.45) is 0. The van der Waals surface area contributed by atoms with Crippen LogP contribution >= 0.6 is 0 Å². The fourth-order valence-corrected chi connectivity index (χ4v) is 1.90. The number of aromatic hydroxyl groups is 1. The van der Waals surface area contributed by atoms with E-state index >= 15 is 0 Å². The van der Waals surface area contributed by atoms with Gasteiger partial charge in [0.1, 0.15) is 11.4 Å². The Bertz CT molecular complexity index is 742. The summed E-state index contributed by atoms with van der Waals surface area (Å²) in [5.74, 6) is 0.130. The normalized spacial score (nSPS) is 10.6. The number of azo groups is 1. The Balaban J connectivity index is 0.00000147. The van der Waals surface area contributed by atoms with Crippen molar-refractivity contribution in [2.24, 2.45) is 10.2 Å². The molecule has 3 nitrogen and oxygen atoms in total. The summed E-state index contributed by atoms with van der Waals surface area (Å²) < 4.78 is 0. The van der Waals surface area contributed by atoms with Crippen molar-refractivity contribution in [1.82, 2.24) is 0 Å². The van der Waals surface area contributed by atoms with Gasteiger partial charge in [-0.25, -0.2) is 0 Å². The minimum Gasteiger partial charge on any atom is -0.506 e. The van der Waals surface area contributed by atoms with Crippen LogP contribution in [0.3, 0.4) is 0 Å². The molecule has 0 aliphatic carbocycles. The molecular weight excluding hydrogens is 275 g/mol. The maximum Gasteiger partial charge on any atom is 1.00 e. The minimum atomic E-state index is 0. The summed E-state index contributed by atoms with van der Waals surface area (Å²) in [6.45, 7) is 0. The number of phenolic OH excluding ortho intramolecular Hbond substituents is 1. The number of hydrogen-bond acceptors (Lipinski definition) is 3. The second kappa shape index (κ2) is 7.10. The van der Waals surface area contributed by atoms with Gasteiger partial charge in [-0.2, -0.15) is 23.3 Å². The molecule has 0 bridgehead atoms. The van der Waals surface area contributed by atoms with Crippen molar-refractivity contribution in [2.75, 3.05) is 0 Å². The maximum atomic E-state index is 9.93. The molecule has 0 radical (unpaired) electrons. The Morgan fingerprint density at radius 1 is 0.850 bits per heavy atom. The fourth-order valence-electron chi connectivity index (χ4n) is 1.90. The Morgan fingerprint density at radius 3 is 2.40 bits per heavy atom. The molecule has 92 valence electrons. The van der Waals surface area contributed by atoms with Crippen molar-refractivity contribution in [3.8, 4) is 5.75 Å². The molecule has 3 aromatic rings. The van der Waals surface area contributed by atoms with Gasteiger partial charge in [0, 0.05) is 5.39 Å². The molecule has 0 aliphatic heterocycles. The molecule has 0 saturated carbocycles. The molecule has 0 aliphatic rings. The van der Waals surface area contributed by atoms with E-state index in [2.05, 4.69) is 16.3 Å². The van der Waals surface area contributed by atoms with Gasteiger partial charge < -0.3 is 5.11 Å². The van der Waals surface area contributed by atoms with E-state index in [-0.39, 0.29) is 57.1 Å². The van der Waals surface area contributed by atoms with Gasteiger partial charge in [-0.3, -0.25) is 0 Å². The molecule has 0 unspecified atom stereocenters. The van der Waals surface area contributed by atoms with Crippen molar-refractivity contribution in [3.05, 3.63) is 66.7 Å². The van der Waals surface area contributed by atoms with Gasteiger partial charge in [0.05, 0.1) is 0 Å². The zero-order chi connectivity index (χ0) is 13.1. The van der Waals surface area contributed by atoms with Crippen LogP contribution in [0.15, 0.2) is 70.9 Å². The summed E-state index contributed by atoms with van der Waals surface area (Å²) in [5.41, 5.74) is 1.22. The first-order valence-corrected chi connectivity index (χ1v) is 5.93. The second-order valence-corrected chi connectivity index (χ2v) is 4.11. The number of hydrogen-bond donors (Lipinski definition) is 1. The summed E-state index contributed by atoms with van der Waals surface area (Å²) in [6, 6.07) is 21.4.